The Labute approximate surface area is 118 Å². The predicted octanol–water partition coefficient (Wildman–Crippen LogP) is 1.97. The van der Waals surface area contributed by atoms with E-state index in [1.807, 2.05) is 0 Å². The van der Waals surface area contributed by atoms with E-state index in [-0.39, 0.29) is 6.03 Å². The molecule has 0 saturated carbocycles. The number of likely N-dealkylation sites (tertiary alicyclic amines) is 1. The summed E-state index contributed by atoms with van der Waals surface area (Å²) >= 11 is 0. The van der Waals surface area contributed by atoms with Crippen molar-refractivity contribution in [2.24, 2.45) is 0 Å². The summed E-state index contributed by atoms with van der Waals surface area (Å²) in [5, 5.41) is 9.44. The van der Waals surface area contributed by atoms with E-state index in [0.29, 0.717) is 18.7 Å². The summed E-state index contributed by atoms with van der Waals surface area (Å²) in [5.74, 6) is -0.954. The summed E-state index contributed by atoms with van der Waals surface area (Å²) in [4.78, 5) is 31.0. The number of rotatable bonds is 2. The Kier molecular flexibility index (Phi) is 3.92. The summed E-state index contributed by atoms with van der Waals surface area (Å²) in [6.07, 6.45) is 5.34. The van der Waals surface area contributed by atoms with E-state index in [9.17, 15) is 14.7 Å². The van der Waals surface area contributed by atoms with Crippen molar-refractivity contribution in [2.75, 3.05) is 18.5 Å². The molecule has 6 nitrogen and oxygen atoms in total. The molecule has 1 aromatic heterocycles. The number of nitrogens with zero attached hydrogens (tertiary/aromatic N) is 3. The molecule has 20 heavy (non-hydrogen) atoms. The SMILES string of the molecule is CN(C(=O)N1CCCCC1(C)C(=O)O)c1cccnc1. The van der Waals surface area contributed by atoms with Gasteiger partial charge in [0, 0.05) is 19.8 Å². The van der Waals surface area contributed by atoms with Gasteiger partial charge in [-0.15, -0.1) is 0 Å². The molecule has 1 N–H and O–H groups in total. The highest BCUT2D eigenvalue weighted by molar-refractivity contribution is 5.95. The van der Waals surface area contributed by atoms with Gasteiger partial charge in [-0.2, -0.15) is 0 Å². The second kappa shape index (κ2) is 5.48. The highest BCUT2D eigenvalue weighted by Crippen LogP contribution is 2.30. The Morgan fingerprint density at radius 3 is 2.80 bits per heavy atom. The predicted molar refractivity (Wildman–Crippen MR) is 74.6 cm³/mol. The third kappa shape index (κ3) is 2.45. The minimum Gasteiger partial charge on any atom is -0.480 e. The number of carboxylic acids is 1. The maximum absolute atomic E-state index is 12.6. The number of urea groups is 1. The van der Waals surface area contributed by atoms with E-state index in [2.05, 4.69) is 4.98 Å². The standard InChI is InChI=1S/C14H19N3O3/c1-14(12(18)19)7-3-4-9-17(14)13(20)16(2)11-6-5-8-15-10-11/h5-6,8,10H,3-4,7,9H2,1-2H3,(H,18,19). The van der Waals surface area contributed by atoms with Gasteiger partial charge in [0.25, 0.3) is 0 Å². The highest BCUT2D eigenvalue weighted by Gasteiger charge is 2.44. The third-order valence-electron chi connectivity index (χ3n) is 3.90. The molecule has 1 aromatic rings. The maximum Gasteiger partial charge on any atom is 0.329 e. The lowest BCUT2D eigenvalue weighted by Gasteiger charge is -2.43. The smallest absolute Gasteiger partial charge is 0.329 e. The first-order valence-electron chi connectivity index (χ1n) is 6.65. The molecule has 2 heterocycles. The van der Waals surface area contributed by atoms with Gasteiger partial charge in [0.1, 0.15) is 5.54 Å². The van der Waals surface area contributed by atoms with Crippen molar-refractivity contribution >= 4 is 17.7 Å². The van der Waals surface area contributed by atoms with Gasteiger partial charge in [0.05, 0.1) is 11.9 Å². The van der Waals surface area contributed by atoms with Crippen LogP contribution in [0.2, 0.25) is 0 Å². The minimum absolute atomic E-state index is 0.303. The fourth-order valence-electron chi connectivity index (χ4n) is 2.49. The first-order chi connectivity index (χ1) is 9.47. The molecular formula is C14H19N3O3. The third-order valence-corrected chi connectivity index (χ3v) is 3.90. The van der Waals surface area contributed by atoms with Crippen LogP contribution >= 0.6 is 0 Å². The zero-order valence-electron chi connectivity index (χ0n) is 11.7. The lowest BCUT2D eigenvalue weighted by atomic mass is 9.89. The zero-order valence-corrected chi connectivity index (χ0v) is 11.7. The van der Waals surface area contributed by atoms with Crippen molar-refractivity contribution in [3.8, 4) is 0 Å². The number of hydrogen-bond donors (Lipinski definition) is 1. The van der Waals surface area contributed by atoms with E-state index in [1.165, 1.54) is 9.80 Å². The van der Waals surface area contributed by atoms with E-state index >= 15 is 0 Å². The fraction of sp³-hybridized carbons (Fsp3) is 0.500. The number of aromatic nitrogens is 1. The van der Waals surface area contributed by atoms with Crippen molar-refractivity contribution in [1.82, 2.24) is 9.88 Å². The van der Waals surface area contributed by atoms with Crippen LogP contribution in [0, 0.1) is 0 Å². The molecule has 108 valence electrons. The fourth-order valence-corrected chi connectivity index (χ4v) is 2.49. The van der Waals surface area contributed by atoms with Gasteiger partial charge >= 0.3 is 12.0 Å². The van der Waals surface area contributed by atoms with Crippen molar-refractivity contribution in [1.29, 1.82) is 0 Å². The Balaban J connectivity index is 2.24. The molecule has 1 saturated heterocycles. The number of aliphatic carboxylic acids is 1. The van der Waals surface area contributed by atoms with Gasteiger partial charge in [-0.3, -0.25) is 9.88 Å². The molecule has 0 spiro atoms. The topological polar surface area (TPSA) is 73.7 Å². The highest BCUT2D eigenvalue weighted by atomic mass is 16.4. The molecule has 0 bridgehead atoms. The second-order valence-corrected chi connectivity index (χ2v) is 5.24. The Morgan fingerprint density at radius 1 is 1.45 bits per heavy atom. The number of carboxylic acid groups (broad SMARTS) is 1. The van der Waals surface area contributed by atoms with E-state index in [1.54, 1.807) is 38.5 Å². The lowest BCUT2D eigenvalue weighted by Crippen LogP contribution is -2.60. The molecule has 2 rings (SSSR count). The number of carbonyl (C=O) groups is 2. The van der Waals surface area contributed by atoms with Crippen LogP contribution in [0.25, 0.3) is 0 Å². The Bertz CT molecular complexity index is 506. The molecule has 1 aliphatic rings. The van der Waals surface area contributed by atoms with Crippen molar-refractivity contribution in [3.63, 3.8) is 0 Å². The summed E-state index contributed by atoms with van der Waals surface area (Å²) in [5.41, 5.74) is -0.484. The lowest BCUT2D eigenvalue weighted by molar-refractivity contribution is -0.150. The molecule has 0 radical (unpaired) electrons. The van der Waals surface area contributed by atoms with E-state index in [0.717, 1.165) is 12.8 Å². The molecular weight excluding hydrogens is 258 g/mol. The first-order valence-corrected chi connectivity index (χ1v) is 6.65. The average molecular weight is 277 g/mol. The Morgan fingerprint density at radius 2 is 2.20 bits per heavy atom. The molecule has 1 atom stereocenters. The summed E-state index contributed by atoms with van der Waals surface area (Å²) in [6.45, 7) is 2.08. The summed E-state index contributed by atoms with van der Waals surface area (Å²) in [7, 11) is 1.64. The van der Waals surface area contributed by atoms with Crippen LogP contribution in [-0.2, 0) is 4.79 Å². The van der Waals surface area contributed by atoms with Crippen LogP contribution in [0.5, 0.6) is 0 Å². The molecule has 6 heteroatoms. The summed E-state index contributed by atoms with van der Waals surface area (Å²) in [6, 6.07) is 3.21. The van der Waals surface area contributed by atoms with Crippen molar-refractivity contribution in [3.05, 3.63) is 24.5 Å². The van der Waals surface area contributed by atoms with Crippen molar-refractivity contribution in [2.45, 2.75) is 31.7 Å². The summed E-state index contributed by atoms with van der Waals surface area (Å²) < 4.78 is 0. The monoisotopic (exact) mass is 277 g/mol. The molecule has 0 aliphatic carbocycles. The van der Waals surface area contributed by atoms with E-state index in [4.69, 9.17) is 0 Å². The maximum atomic E-state index is 12.6. The number of carbonyl (C=O) groups excluding carboxylic acids is 1. The van der Waals surface area contributed by atoms with Crippen LogP contribution in [0.4, 0.5) is 10.5 Å². The number of amides is 2. The Hall–Kier alpha value is -2.11. The molecule has 2 amide bonds. The largest absolute Gasteiger partial charge is 0.480 e. The van der Waals surface area contributed by atoms with Gasteiger partial charge in [-0.25, -0.2) is 9.59 Å². The van der Waals surface area contributed by atoms with Gasteiger partial charge in [0.15, 0.2) is 0 Å². The van der Waals surface area contributed by atoms with Gasteiger partial charge < -0.3 is 10.0 Å². The normalized spacial score (nSPS) is 22.4. The molecule has 1 aliphatic heterocycles. The zero-order chi connectivity index (χ0) is 14.8. The van der Waals surface area contributed by atoms with Crippen LogP contribution in [-0.4, -0.2) is 46.1 Å². The second-order valence-electron chi connectivity index (χ2n) is 5.24. The van der Waals surface area contributed by atoms with Crippen molar-refractivity contribution < 1.29 is 14.7 Å². The first kappa shape index (κ1) is 14.3. The number of piperidine rings is 1. The number of anilines is 1. The number of hydrogen-bond acceptors (Lipinski definition) is 3. The quantitative estimate of drug-likeness (QED) is 0.897. The van der Waals surface area contributed by atoms with Crippen LogP contribution < -0.4 is 4.90 Å². The van der Waals surface area contributed by atoms with Gasteiger partial charge in [0.2, 0.25) is 0 Å². The van der Waals surface area contributed by atoms with Crippen LogP contribution in [0.1, 0.15) is 26.2 Å². The average Bonchev–Trinajstić information content (AvgIpc) is 2.47. The van der Waals surface area contributed by atoms with E-state index < -0.39 is 11.5 Å². The number of pyridine rings is 1. The van der Waals surface area contributed by atoms with Crippen LogP contribution in [0.3, 0.4) is 0 Å². The molecule has 1 fully saturated rings. The van der Waals surface area contributed by atoms with Gasteiger partial charge in [-0.05, 0) is 38.3 Å². The molecule has 0 aromatic carbocycles. The van der Waals surface area contributed by atoms with Gasteiger partial charge in [-0.1, -0.05) is 0 Å². The molecule has 1 unspecified atom stereocenters. The minimum atomic E-state index is -1.13. The van der Waals surface area contributed by atoms with Crippen LogP contribution in [0.15, 0.2) is 24.5 Å².